The quantitative estimate of drug-likeness (QED) is 0.475. The molecule has 1 aromatic carbocycles. The minimum absolute atomic E-state index is 0.0130. The molecule has 3 nitrogen and oxygen atoms in total. The van der Waals surface area contributed by atoms with Gasteiger partial charge in [-0.3, -0.25) is 4.79 Å². The van der Waals surface area contributed by atoms with Crippen molar-refractivity contribution in [3.05, 3.63) is 34.9 Å². The molecule has 1 fully saturated rings. The van der Waals surface area contributed by atoms with Crippen LogP contribution in [-0.2, 0) is 4.79 Å². The highest BCUT2D eigenvalue weighted by molar-refractivity contribution is 8.62. The van der Waals surface area contributed by atoms with Crippen LogP contribution >= 0.6 is 30.0 Å². The first-order chi connectivity index (χ1) is 11.0. The summed E-state index contributed by atoms with van der Waals surface area (Å²) in [5.74, 6) is 1.27. The van der Waals surface area contributed by atoms with E-state index in [1.165, 1.54) is 5.56 Å². The van der Waals surface area contributed by atoms with Gasteiger partial charge in [-0.2, -0.15) is 0 Å². The van der Waals surface area contributed by atoms with Gasteiger partial charge < -0.3 is 10.2 Å². The van der Waals surface area contributed by atoms with Gasteiger partial charge in [0.25, 0.3) is 0 Å². The Labute approximate surface area is 150 Å². The summed E-state index contributed by atoms with van der Waals surface area (Å²) in [4.78, 5) is 14.9. The summed E-state index contributed by atoms with van der Waals surface area (Å²) in [5.41, 5.74) is 1.20. The smallest absolute Gasteiger partial charge is 0.225 e. The molecule has 1 heterocycles. The highest BCUT2D eigenvalue weighted by Gasteiger charge is 2.33. The van der Waals surface area contributed by atoms with E-state index in [2.05, 4.69) is 17.3 Å². The highest BCUT2D eigenvalue weighted by atomic mass is 35.5. The fourth-order valence-electron chi connectivity index (χ4n) is 2.98. The normalized spacial score (nSPS) is 23.4. The molecule has 2 radical (unpaired) electrons. The third kappa shape index (κ3) is 5.97. The van der Waals surface area contributed by atoms with Crippen molar-refractivity contribution in [2.45, 2.75) is 12.3 Å². The highest BCUT2D eigenvalue weighted by Crippen LogP contribution is 2.40. The second-order valence-electron chi connectivity index (χ2n) is 5.99. The van der Waals surface area contributed by atoms with Gasteiger partial charge in [0.1, 0.15) is 7.57 Å². The Morgan fingerprint density at radius 3 is 2.83 bits per heavy atom. The van der Waals surface area contributed by atoms with E-state index in [0.29, 0.717) is 6.54 Å². The Bertz CT molecular complexity index is 517. The standard InChI is InChI=1S/C16H23BClN2OPS/c1-20-9-7-14(12-3-5-13(18)6-4-12)15(11-20)16(21)19-8-10-23-22(2)17/h3-6,14-15H,7-11H2,1-2H3,(H,19,21). The number of halogens is 1. The topological polar surface area (TPSA) is 32.3 Å². The Morgan fingerprint density at radius 1 is 1.48 bits per heavy atom. The van der Waals surface area contributed by atoms with Crippen molar-refractivity contribution in [2.75, 3.05) is 39.1 Å². The van der Waals surface area contributed by atoms with Gasteiger partial charge in [-0.05, 0) is 50.3 Å². The van der Waals surface area contributed by atoms with Gasteiger partial charge >= 0.3 is 0 Å². The molecule has 0 aliphatic carbocycles. The molecule has 1 aromatic rings. The second kappa shape index (κ2) is 9.32. The molecule has 0 aromatic heterocycles. The Hall–Kier alpha value is -0.215. The van der Waals surface area contributed by atoms with Crippen LogP contribution in [-0.4, -0.2) is 57.5 Å². The maximum atomic E-state index is 12.6. The van der Waals surface area contributed by atoms with Crippen LogP contribution in [0.1, 0.15) is 17.9 Å². The summed E-state index contributed by atoms with van der Waals surface area (Å²) >= 11 is 7.71. The number of benzene rings is 1. The van der Waals surface area contributed by atoms with Crippen molar-refractivity contribution in [3.63, 3.8) is 0 Å². The van der Waals surface area contributed by atoms with Crippen LogP contribution in [0.15, 0.2) is 24.3 Å². The fourth-order valence-corrected chi connectivity index (χ4v) is 4.73. The van der Waals surface area contributed by atoms with Gasteiger partial charge in [-0.1, -0.05) is 23.7 Å². The lowest BCUT2D eigenvalue weighted by Crippen LogP contribution is -2.45. The molecule has 7 heteroatoms. The molecule has 1 aliphatic heterocycles. The van der Waals surface area contributed by atoms with E-state index < -0.39 is 7.00 Å². The van der Waals surface area contributed by atoms with E-state index in [9.17, 15) is 4.79 Å². The summed E-state index contributed by atoms with van der Waals surface area (Å²) in [6, 6.07) is 7.91. The number of rotatable bonds is 6. The summed E-state index contributed by atoms with van der Waals surface area (Å²) in [6.45, 7) is 4.51. The molecule has 1 aliphatic rings. The van der Waals surface area contributed by atoms with Gasteiger partial charge in [0.05, 0.1) is 5.92 Å². The Kier molecular flexibility index (Phi) is 7.74. The molecule has 124 valence electrons. The zero-order valence-electron chi connectivity index (χ0n) is 13.7. The van der Waals surface area contributed by atoms with Crippen molar-refractivity contribution < 1.29 is 4.79 Å². The van der Waals surface area contributed by atoms with Crippen LogP contribution in [0.3, 0.4) is 0 Å². The molecule has 23 heavy (non-hydrogen) atoms. The third-order valence-electron chi connectivity index (χ3n) is 4.15. The van der Waals surface area contributed by atoms with Crippen molar-refractivity contribution in [2.24, 2.45) is 5.92 Å². The van der Waals surface area contributed by atoms with Crippen molar-refractivity contribution in [3.8, 4) is 0 Å². The molecule has 2 rings (SSSR count). The Balaban J connectivity index is 1.99. The SMILES string of the molecule is [B]P(C)SCCNC(=O)C1CN(C)CCC1c1ccc(Cl)cc1. The number of hydrogen-bond acceptors (Lipinski definition) is 3. The molecule has 0 saturated carbocycles. The molecule has 0 bridgehead atoms. The summed E-state index contributed by atoms with van der Waals surface area (Å²) < 4.78 is 0. The van der Waals surface area contributed by atoms with Gasteiger partial charge in [0.2, 0.25) is 5.91 Å². The lowest BCUT2D eigenvalue weighted by molar-refractivity contribution is -0.127. The van der Waals surface area contributed by atoms with Crippen molar-refractivity contribution in [1.29, 1.82) is 0 Å². The first kappa shape index (κ1) is 19.1. The van der Waals surface area contributed by atoms with E-state index in [1.807, 2.05) is 30.9 Å². The minimum Gasteiger partial charge on any atom is -0.355 e. The molecule has 3 unspecified atom stereocenters. The van der Waals surface area contributed by atoms with Crippen molar-refractivity contribution >= 4 is 43.5 Å². The van der Waals surface area contributed by atoms with Crippen LogP contribution in [0.5, 0.6) is 0 Å². The molecular formula is C16H23BClN2OPS. The zero-order valence-corrected chi connectivity index (χ0v) is 16.1. The molecule has 1 saturated heterocycles. The largest absolute Gasteiger partial charge is 0.355 e. The maximum absolute atomic E-state index is 12.6. The van der Waals surface area contributed by atoms with Gasteiger partial charge in [-0.25, -0.2) is 0 Å². The van der Waals surface area contributed by atoms with Gasteiger partial charge in [0.15, 0.2) is 0 Å². The summed E-state index contributed by atoms with van der Waals surface area (Å²) in [5, 5.41) is 3.82. The van der Waals surface area contributed by atoms with E-state index in [4.69, 9.17) is 19.2 Å². The van der Waals surface area contributed by atoms with Crippen LogP contribution in [0.2, 0.25) is 5.02 Å². The minimum atomic E-state index is -0.457. The Morgan fingerprint density at radius 2 is 2.17 bits per heavy atom. The van der Waals surface area contributed by atoms with E-state index in [-0.39, 0.29) is 17.7 Å². The third-order valence-corrected chi connectivity index (χ3v) is 6.96. The first-order valence-electron chi connectivity index (χ1n) is 7.80. The maximum Gasteiger partial charge on any atom is 0.225 e. The number of nitrogens with zero attached hydrogens (tertiary/aromatic N) is 1. The van der Waals surface area contributed by atoms with Gasteiger partial charge in [0, 0.05) is 23.9 Å². The second-order valence-corrected chi connectivity index (χ2v) is 10.7. The van der Waals surface area contributed by atoms with E-state index in [1.54, 1.807) is 11.4 Å². The molecule has 1 N–H and O–H groups in total. The van der Waals surface area contributed by atoms with E-state index in [0.717, 1.165) is 30.3 Å². The summed E-state index contributed by atoms with van der Waals surface area (Å²) in [7, 11) is 7.40. The lowest BCUT2D eigenvalue weighted by atomic mass is 9.80. The lowest BCUT2D eigenvalue weighted by Gasteiger charge is -2.36. The van der Waals surface area contributed by atoms with E-state index >= 15 is 0 Å². The van der Waals surface area contributed by atoms with Crippen LogP contribution < -0.4 is 5.32 Å². The van der Waals surface area contributed by atoms with Crippen LogP contribution in [0.25, 0.3) is 0 Å². The molecule has 0 spiro atoms. The number of hydrogen-bond donors (Lipinski definition) is 1. The average Bonchev–Trinajstić information content (AvgIpc) is 2.52. The number of carbonyl (C=O) groups excluding carboxylic acids is 1. The number of likely N-dealkylation sites (tertiary alicyclic amines) is 1. The monoisotopic (exact) mass is 368 g/mol. The van der Waals surface area contributed by atoms with Gasteiger partial charge in [-0.15, -0.1) is 18.4 Å². The summed E-state index contributed by atoms with van der Waals surface area (Å²) in [6.07, 6.45) is 0.994. The average molecular weight is 369 g/mol. The van der Waals surface area contributed by atoms with Crippen LogP contribution in [0.4, 0.5) is 0 Å². The van der Waals surface area contributed by atoms with Crippen molar-refractivity contribution in [1.82, 2.24) is 10.2 Å². The van der Waals surface area contributed by atoms with Crippen LogP contribution in [0, 0.1) is 5.92 Å². The number of nitrogens with one attached hydrogen (secondary N) is 1. The molecule has 3 atom stereocenters. The zero-order chi connectivity index (χ0) is 16.8. The number of carbonyl (C=O) groups is 1. The molecular weight excluding hydrogens is 345 g/mol. The predicted molar refractivity (Wildman–Crippen MR) is 104 cm³/mol. The number of amides is 1. The molecule has 1 amide bonds. The predicted octanol–water partition coefficient (Wildman–Crippen LogP) is 3.33. The fraction of sp³-hybridized carbons (Fsp3) is 0.562. The first-order valence-corrected chi connectivity index (χ1v) is 11.6. The number of piperidine rings is 1.